The van der Waals surface area contributed by atoms with Gasteiger partial charge in [0.2, 0.25) is 9.84 Å². The minimum atomic E-state index is -3.61. The molecule has 2 heterocycles. The molecule has 2 aromatic carbocycles. The van der Waals surface area contributed by atoms with Gasteiger partial charge in [-0.15, -0.1) is 0 Å². The lowest BCUT2D eigenvalue weighted by molar-refractivity contribution is 0.311. The molecule has 0 spiro atoms. The number of nitrogens with one attached hydrogen (secondary N) is 1. The van der Waals surface area contributed by atoms with Crippen molar-refractivity contribution in [3.05, 3.63) is 48.7 Å². The van der Waals surface area contributed by atoms with Crippen LogP contribution >= 0.6 is 0 Å². The lowest BCUT2D eigenvalue weighted by Gasteiger charge is -2.34. The summed E-state index contributed by atoms with van der Waals surface area (Å²) in [4.78, 5) is 8.11. The number of likely N-dealkylation sites (N-methyl/N-ethyl adjacent to an activating group) is 1. The van der Waals surface area contributed by atoms with Crippen LogP contribution in [0, 0.1) is 0 Å². The Bertz CT molecular complexity index is 1070. The van der Waals surface area contributed by atoms with Crippen LogP contribution in [-0.4, -0.2) is 58.6 Å². The number of piperazine rings is 1. The zero-order valence-corrected chi connectivity index (χ0v) is 16.3. The zero-order chi connectivity index (χ0) is 19.0. The number of nitrogens with zero attached hydrogens (tertiary/aromatic N) is 2. The number of H-pyrrole nitrogens is 1. The van der Waals surface area contributed by atoms with E-state index in [1.807, 2.05) is 6.07 Å². The second-order valence-electron chi connectivity index (χ2n) is 6.85. The standard InChI is InChI=1S/C20H23N3O3S/c1-22-9-11-23(12-10-22)19-14-17(4-6-20(19)26-2)27(24,25)16-3-5-18-15(13-16)7-8-21-18/h3-8,13-14,21H,9-12H2,1-2H3. The van der Waals surface area contributed by atoms with Crippen molar-refractivity contribution in [3.8, 4) is 5.75 Å². The lowest BCUT2D eigenvalue weighted by Crippen LogP contribution is -2.44. The van der Waals surface area contributed by atoms with Crippen LogP contribution in [0.15, 0.2) is 58.5 Å². The van der Waals surface area contributed by atoms with E-state index in [2.05, 4.69) is 21.8 Å². The number of hydrogen-bond acceptors (Lipinski definition) is 5. The minimum absolute atomic E-state index is 0.284. The number of rotatable bonds is 4. The first kappa shape index (κ1) is 17.9. The number of aromatic nitrogens is 1. The third kappa shape index (κ3) is 3.28. The molecule has 27 heavy (non-hydrogen) atoms. The molecule has 0 bridgehead atoms. The van der Waals surface area contributed by atoms with Crippen LogP contribution in [0.25, 0.3) is 10.9 Å². The van der Waals surface area contributed by atoms with Crippen LogP contribution in [0.5, 0.6) is 5.75 Å². The molecule has 4 rings (SSSR count). The van der Waals surface area contributed by atoms with Gasteiger partial charge >= 0.3 is 0 Å². The van der Waals surface area contributed by atoms with Gasteiger partial charge in [0, 0.05) is 43.3 Å². The van der Waals surface area contributed by atoms with Crippen LogP contribution in [0.1, 0.15) is 0 Å². The van der Waals surface area contributed by atoms with E-state index in [9.17, 15) is 8.42 Å². The number of aromatic amines is 1. The molecule has 1 fully saturated rings. The van der Waals surface area contributed by atoms with E-state index in [0.29, 0.717) is 10.6 Å². The normalized spacial score (nSPS) is 16.0. The van der Waals surface area contributed by atoms with Gasteiger partial charge in [0.1, 0.15) is 5.75 Å². The van der Waals surface area contributed by atoms with Crippen molar-refractivity contribution in [2.24, 2.45) is 0 Å². The van der Waals surface area contributed by atoms with Crippen molar-refractivity contribution >= 4 is 26.4 Å². The first-order valence-corrected chi connectivity index (χ1v) is 10.4. The fraction of sp³-hybridized carbons (Fsp3) is 0.300. The average Bonchev–Trinajstić information content (AvgIpc) is 3.16. The highest BCUT2D eigenvalue weighted by atomic mass is 32.2. The quantitative estimate of drug-likeness (QED) is 0.748. The van der Waals surface area contributed by atoms with E-state index < -0.39 is 9.84 Å². The van der Waals surface area contributed by atoms with Crippen molar-refractivity contribution in [3.63, 3.8) is 0 Å². The number of ether oxygens (including phenoxy) is 1. The maximum absolute atomic E-state index is 13.2. The number of benzene rings is 2. The molecule has 6 nitrogen and oxygen atoms in total. The number of sulfone groups is 1. The molecule has 3 aromatic rings. The molecule has 0 aliphatic carbocycles. The van der Waals surface area contributed by atoms with Crippen molar-refractivity contribution < 1.29 is 13.2 Å². The van der Waals surface area contributed by atoms with Gasteiger partial charge in [0.25, 0.3) is 0 Å². The molecule has 0 radical (unpaired) electrons. The van der Waals surface area contributed by atoms with Gasteiger partial charge in [-0.05, 0) is 49.5 Å². The van der Waals surface area contributed by atoms with Gasteiger partial charge in [0.05, 0.1) is 22.6 Å². The molecule has 1 saturated heterocycles. The fourth-order valence-electron chi connectivity index (χ4n) is 3.47. The molecule has 1 aromatic heterocycles. The Kier molecular flexibility index (Phi) is 4.57. The van der Waals surface area contributed by atoms with E-state index in [4.69, 9.17) is 4.74 Å². The third-order valence-electron chi connectivity index (χ3n) is 5.14. The summed E-state index contributed by atoms with van der Waals surface area (Å²) < 4.78 is 31.9. The number of anilines is 1. The molecular weight excluding hydrogens is 362 g/mol. The van der Waals surface area contributed by atoms with Gasteiger partial charge in [-0.25, -0.2) is 8.42 Å². The Hall–Kier alpha value is -2.51. The Labute approximate surface area is 159 Å². The molecule has 1 aliphatic heterocycles. The maximum Gasteiger partial charge on any atom is 0.206 e. The Morgan fingerprint density at radius 3 is 2.41 bits per heavy atom. The van der Waals surface area contributed by atoms with E-state index in [1.54, 1.807) is 49.7 Å². The highest BCUT2D eigenvalue weighted by Gasteiger charge is 2.23. The van der Waals surface area contributed by atoms with Gasteiger partial charge in [-0.1, -0.05) is 0 Å². The van der Waals surface area contributed by atoms with Gasteiger partial charge in [-0.2, -0.15) is 0 Å². The number of fused-ring (bicyclic) bond motifs is 1. The van der Waals surface area contributed by atoms with Crippen LogP contribution < -0.4 is 9.64 Å². The van der Waals surface area contributed by atoms with Gasteiger partial charge in [-0.3, -0.25) is 0 Å². The summed E-state index contributed by atoms with van der Waals surface area (Å²) in [6, 6.07) is 12.1. The summed E-state index contributed by atoms with van der Waals surface area (Å²) in [7, 11) is 0.0921. The average molecular weight is 385 g/mol. The van der Waals surface area contributed by atoms with Crippen LogP contribution in [0.2, 0.25) is 0 Å². The summed E-state index contributed by atoms with van der Waals surface area (Å²) in [5, 5.41) is 0.879. The van der Waals surface area contributed by atoms with E-state index in [0.717, 1.165) is 42.8 Å². The summed E-state index contributed by atoms with van der Waals surface area (Å²) in [6.07, 6.45) is 1.81. The second kappa shape index (κ2) is 6.90. The van der Waals surface area contributed by atoms with Crippen LogP contribution in [0.3, 0.4) is 0 Å². The van der Waals surface area contributed by atoms with E-state index >= 15 is 0 Å². The second-order valence-corrected chi connectivity index (χ2v) is 8.80. The van der Waals surface area contributed by atoms with Crippen molar-refractivity contribution in [1.29, 1.82) is 0 Å². The highest BCUT2D eigenvalue weighted by Crippen LogP contribution is 2.34. The monoisotopic (exact) mass is 385 g/mol. The smallest absolute Gasteiger partial charge is 0.206 e. The van der Waals surface area contributed by atoms with Gasteiger partial charge in [0.15, 0.2) is 0 Å². The molecule has 142 valence electrons. The Morgan fingerprint density at radius 1 is 0.963 bits per heavy atom. The molecule has 7 heteroatoms. The summed E-state index contributed by atoms with van der Waals surface area (Å²) in [6.45, 7) is 3.55. The largest absolute Gasteiger partial charge is 0.495 e. The molecule has 0 unspecified atom stereocenters. The van der Waals surface area contributed by atoms with Crippen LogP contribution in [0.4, 0.5) is 5.69 Å². The first-order valence-electron chi connectivity index (χ1n) is 8.93. The molecule has 1 N–H and O–H groups in total. The van der Waals surface area contributed by atoms with Gasteiger partial charge < -0.3 is 19.5 Å². The summed E-state index contributed by atoms with van der Waals surface area (Å²) >= 11 is 0. The molecule has 0 amide bonds. The molecule has 1 aliphatic rings. The van der Waals surface area contributed by atoms with Crippen molar-refractivity contribution in [1.82, 2.24) is 9.88 Å². The van der Waals surface area contributed by atoms with E-state index in [1.165, 1.54) is 0 Å². The zero-order valence-electron chi connectivity index (χ0n) is 15.5. The number of hydrogen-bond donors (Lipinski definition) is 1. The lowest BCUT2D eigenvalue weighted by atomic mass is 10.2. The fourth-order valence-corrected chi connectivity index (χ4v) is 4.78. The Morgan fingerprint density at radius 2 is 1.67 bits per heavy atom. The molecule has 0 atom stereocenters. The first-order chi connectivity index (χ1) is 13.0. The molecule has 0 saturated carbocycles. The summed E-state index contributed by atoms with van der Waals surface area (Å²) in [5.74, 6) is 0.694. The third-order valence-corrected chi connectivity index (χ3v) is 6.89. The maximum atomic E-state index is 13.2. The van der Waals surface area contributed by atoms with Crippen LogP contribution in [-0.2, 0) is 9.84 Å². The number of methoxy groups -OCH3 is 1. The van der Waals surface area contributed by atoms with E-state index in [-0.39, 0.29) is 4.90 Å². The predicted octanol–water partition coefficient (Wildman–Crippen LogP) is 2.76. The SMILES string of the molecule is COc1ccc(S(=O)(=O)c2ccc3[nH]ccc3c2)cc1N1CCN(C)CC1. The summed E-state index contributed by atoms with van der Waals surface area (Å²) in [5.41, 5.74) is 1.75. The highest BCUT2D eigenvalue weighted by molar-refractivity contribution is 7.91. The topological polar surface area (TPSA) is 65.6 Å². The Balaban J connectivity index is 1.75. The predicted molar refractivity (Wildman–Crippen MR) is 106 cm³/mol. The molecular formula is C20H23N3O3S. The van der Waals surface area contributed by atoms with Crippen molar-refractivity contribution in [2.75, 3.05) is 45.2 Å². The minimum Gasteiger partial charge on any atom is -0.495 e. The van der Waals surface area contributed by atoms with Crippen molar-refractivity contribution in [2.45, 2.75) is 9.79 Å².